The summed E-state index contributed by atoms with van der Waals surface area (Å²) in [5.74, 6) is 0.937. The number of carbonyl (C=O) groups excluding carboxylic acids is 1. The van der Waals surface area contributed by atoms with Crippen molar-refractivity contribution in [2.45, 2.75) is 70.2 Å². The van der Waals surface area contributed by atoms with Gasteiger partial charge in [0.1, 0.15) is 5.75 Å². The highest BCUT2D eigenvalue weighted by Gasteiger charge is 2.36. The number of carbonyl (C=O) groups is 1. The Balaban J connectivity index is 1.40. The van der Waals surface area contributed by atoms with Gasteiger partial charge in [0.05, 0.1) is 0 Å². The molecule has 4 nitrogen and oxygen atoms in total. The normalized spacial score (nSPS) is 32.5. The Morgan fingerprint density at radius 2 is 1.86 bits per heavy atom. The van der Waals surface area contributed by atoms with Crippen LogP contribution in [0.4, 0.5) is 0 Å². The number of hydrogen-bond donors (Lipinski definition) is 2. The lowest BCUT2D eigenvalue weighted by molar-refractivity contribution is -0.128. The topological polar surface area (TPSA) is 50.4 Å². The maximum Gasteiger partial charge on any atom is 0.261 e. The zero-order valence-electron chi connectivity index (χ0n) is 13.3. The lowest BCUT2D eigenvalue weighted by Gasteiger charge is -2.30. The van der Waals surface area contributed by atoms with Crippen LogP contribution in [0.2, 0.25) is 0 Å². The average Bonchev–Trinajstić information content (AvgIpc) is 3.03. The quantitative estimate of drug-likeness (QED) is 0.878. The summed E-state index contributed by atoms with van der Waals surface area (Å²) in [7, 11) is 0. The zero-order valence-corrected chi connectivity index (χ0v) is 13.3. The first-order valence-electron chi connectivity index (χ1n) is 8.41. The minimum absolute atomic E-state index is 0.0535. The molecule has 22 heavy (non-hydrogen) atoms. The van der Waals surface area contributed by atoms with E-state index < -0.39 is 0 Å². The summed E-state index contributed by atoms with van der Waals surface area (Å²) < 4.78 is 5.89. The molecule has 3 atom stereocenters. The van der Waals surface area contributed by atoms with Gasteiger partial charge in [-0.25, -0.2) is 0 Å². The molecule has 118 valence electrons. The van der Waals surface area contributed by atoms with Crippen LogP contribution >= 0.6 is 0 Å². The van der Waals surface area contributed by atoms with Crippen molar-refractivity contribution in [3.8, 4) is 5.75 Å². The first-order valence-corrected chi connectivity index (χ1v) is 8.41. The molecule has 2 bridgehead atoms. The maximum atomic E-state index is 12.5. The van der Waals surface area contributed by atoms with Crippen LogP contribution in [0.25, 0.3) is 0 Å². The number of ether oxygens (including phenoxy) is 1. The maximum absolute atomic E-state index is 12.5. The molecule has 3 unspecified atom stereocenters. The summed E-state index contributed by atoms with van der Waals surface area (Å²) in [5, 5.41) is 6.83. The zero-order chi connectivity index (χ0) is 15.3. The van der Waals surface area contributed by atoms with E-state index in [9.17, 15) is 4.79 Å². The lowest BCUT2D eigenvalue weighted by atomic mass is 9.99. The highest BCUT2D eigenvalue weighted by molar-refractivity contribution is 5.82. The minimum Gasteiger partial charge on any atom is -0.480 e. The van der Waals surface area contributed by atoms with Crippen molar-refractivity contribution in [1.82, 2.24) is 10.6 Å². The van der Waals surface area contributed by atoms with Crippen LogP contribution in [-0.4, -0.2) is 30.1 Å². The number of rotatable bonds is 2. The summed E-state index contributed by atoms with van der Waals surface area (Å²) in [4.78, 5) is 12.5. The first kappa shape index (κ1) is 14.1. The molecule has 1 amide bonds. The van der Waals surface area contributed by atoms with Crippen LogP contribution in [0, 0.1) is 13.8 Å². The molecular weight excluding hydrogens is 276 g/mol. The second-order valence-corrected chi connectivity index (χ2v) is 7.17. The standard InChI is InChI=1S/C18H24N2O2/c1-10-5-12-7-17(22-16(12)6-11(10)2)18(21)20-15-8-13-3-4-14(9-15)19-13/h5-6,13-15,17,19H,3-4,7-9H2,1-2H3,(H,20,21). The number of hydrogen-bond acceptors (Lipinski definition) is 3. The predicted molar refractivity (Wildman–Crippen MR) is 85.1 cm³/mol. The van der Waals surface area contributed by atoms with Gasteiger partial charge < -0.3 is 15.4 Å². The van der Waals surface area contributed by atoms with E-state index >= 15 is 0 Å². The summed E-state index contributed by atoms with van der Waals surface area (Å²) in [5.41, 5.74) is 3.64. The Labute approximate surface area is 131 Å². The Hall–Kier alpha value is -1.55. The van der Waals surface area contributed by atoms with E-state index in [1.165, 1.54) is 24.0 Å². The molecule has 4 rings (SSSR count). The van der Waals surface area contributed by atoms with E-state index in [1.807, 2.05) is 0 Å². The van der Waals surface area contributed by atoms with Crippen molar-refractivity contribution in [3.63, 3.8) is 0 Å². The van der Waals surface area contributed by atoms with Gasteiger partial charge in [0, 0.05) is 24.5 Å². The number of fused-ring (bicyclic) bond motifs is 3. The van der Waals surface area contributed by atoms with E-state index in [0.717, 1.165) is 24.2 Å². The van der Waals surface area contributed by atoms with Crippen molar-refractivity contribution >= 4 is 5.91 Å². The van der Waals surface area contributed by atoms with E-state index in [2.05, 4.69) is 36.6 Å². The fraction of sp³-hybridized carbons (Fsp3) is 0.611. The molecule has 2 saturated heterocycles. The summed E-state index contributed by atoms with van der Waals surface area (Å²) >= 11 is 0. The molecule has 3 heterocycles. The van der Waals surface area contributed by atoms with Gasteiger partial charge in [0.25, 0.3) is 5.91 Å². The molecule has 0 radical (unpaired) electrons. The number of amides is 1. The first-order chi connectivity index (χ1) is 10.6. The Morgan fingerprint density at radius 1 is 1.18 bits per heavy atom. The molecule has 0 spiro atoms. The van der Waals surface area contributed by atoms with Crippen LogP contribution in [0.3, 0.4) is 0 Å². The molecule has 2 fully saturated rings. The second kappa shape index (κ2) is 5.27. The average molecular weight is 300 g/mol. The molecule has 3 aliphatic heterocycles. The summed E-state index contributed by atoms with van der Waals surface area (Å²) in [6.07, 6.45) is 4.95. The van der Waals surface area contributed by atoms with Gasteiger partial charge in [-0.1, -0.05) is 6.07 Å². The smallest absolute Gasteiger partial charge is 0.261 e. The van der Waals surface area contributed by atoms with Crippen LogP contribution in [0.1, 0.15) is 42.4 Å². The van der Waals surface area contributed by atoms with E-state index in [0.29, 0.717) is 24.5 Å². The SMILES string of the molecule is Cc1cc2c(cc1C)OC(C(=O)NC1CC3CCC(C1)N3)C2. The third-order valence-electron chi connectivity index (χ3n) is 5.46. The molecule has 4 heteroatoms. The Morgan fingerprint density at radius 3 is 2.59 bits per heavy atom. The van der Waals surface area contributed by atoms with E-state index in [4.69, 9.17) is 4.74 Å². The van der Waals surface area contributed by atoms with Crippen LogP contribution in [0.15, 0.2) is 12.1 Å². The largest absolute Gasteiger partial charge is 0.480 e. The molecule has 2 N–H and O–H groups in total. The Kier molecular flexibility index (Phi) is 3.37. The molecule has 3 aliphatic rings. The van der Waals surface area contributed by atoms with Crippen molar-refractivity contribution in [2.24, 2.45) is 0 Å². The van der Waals surface area contributed by atoms with Crippen LogP contribution in [-0.2, 0) is 11.2 Å². The number of benzene rings is 1. The van der Waals surface area contributed by atoms with Gasteiger partial charge in [-0.2, -0.15) is 0 Å². The fourth-order valence-corrected chi connectivity index (χ4v) is 4.13. The minimum atomic E-state index is -0.358. The monoisotopic (exact) mass is 300 g/mol. The van der Waals surface area contributed by atoms with Crippen molar-refractivity contribution in [3.05, 3.63) is 28.8 Å². The van der Waals surface area contributed by atoms with Gasteiger partial charge in [-0.15, -0.1) is 0 Å². The van der Waals surface area contributed by atoms with Crippen LogP contribution < -0.4 is 15.4 Å². The molecule has 0 aromatic heterocycles. The van der Waals surface area contributed by atoms with Gasteiger partial charge in [-0.05, 0) is 62.3 Å². The molecule has 0 aliphatic carbocycles. The molecular formula is C18H24N2O2. The van der Waals surface area contributed by atoms with Crippen molar-refractivity contribution < 1.29 is 9.53 Å². The van der Waals surface area contributed by atoms with Gasteiger partial charge in [-0.3, -0.25) is 4.79 Å². The van der Waals surface area contributed by atoms with Gasteiger partial charge in [0.15, 0.2) is 6.10 Å². The van der Waals surface area contributed by atoms with Crippen LogP contribution in [0.5, 0.6) is 5.75 Å². The highest BCUT2D eigenvalue weighted by atomic mass is 16.5. The van der Waals surface area contributed by atoms with Crippen molar-refractivity contribution in [1.29, 1.82) is 0 Å². The highest BCUT2D eigenvalue weighted by Crippen LogP contribution is 2.32. The fourth-order valence-electron chi connectivity index (χ4n) is 4.13. The number of nitrogens with one attached hydrogen (secondary N) is 2. The molecule has 0 saturated carbocycles. The van der Waals surface area contributed by atoms with Gasteiger partial charge in [0.2, 0.25) is 0 Å². The third kappa shape index (κ3) is 2.50. The number of piperidine rings is 1. The van der Waals surface area contributed by atoms with Gasteiger partial charge >= 0.3 is 0 Å². The van der Waals surface area contributed by atoms with E-state index in [-0.39, 0.29) is 12.0 Å². The lowest BCUT2D eigenvalue weighted by Crippen LogP contribution is -2.50. The summed E-state index contributed by atoms with van der Waals surface area (Å²) in [6, 6.07) is 5.71. The van der Waals surface area contributed by atoms with E-state index in [1.54, 1.807) is 0 Å². The second-order valence-electron chi connectivity index (χ2n) is 7.17. The Bertz CT molecular complexity index is 570. The molecule has 1 aromatic carbocycles. The number of aryl methyl sites for hydroxylation is 2. The summed E-state index contributed by atoms with van der Waals surface area (Å²) in [6.45, 7) is 4.19. The van der Waals surface area contributed by atoms with Crippen molar-refractivity contribution in [2.75, 3.05) is 0 Å². The molecule has 1 aromatic rings. The third-order valence-corrected chi connectivity index (χ3v) is 5.46. The predicted octanol–water partition coefficient (Wildman–Crippen LogP) is 2.01.